The van der Waals surface area contributed by atoms with Crippen molar-refractivity contribution in [2.24, 2.45) is 7.05 Å². The lowest BCUT2D eigenvalue weighted by molar-refractivity contribution is 0.102. The standard InChI is InChI=1S/C23H22N6O2/c1-14-20-18(22(30)25-16-9-11-17(12-10-16)26-23(31)24-2)13-19(15-7-5-4-6-8-15)27-21(20)29(3)28-14/h4-13H,1-3H3,(H,25,30)(H2,24,26,31). The van der Waals surface area contributed by atoms with Gasteiger partial charge in [0.15, 0.2) is 5.65 Å². The fourth-order valence-electron chi connectivity index (χ4n) is 3.41. The van der Waals surface area contributed by atoms with Gasteiger partial charge in [-0.05, 0) is 37.3 Å². The third-order valence-corrected chi connectivity index (χ3v) is 4.91. The minimum atomic E-state index is -0.309. The molecule has 3 N–H and O–H groups in total. The van der Waals surface area contributed by atoms with E-state index in [4.69, 9.17) is 4.98 Å². The van der Waals surface area contributed by atoms with Gasteiger partial charge >= 0.3 is 6.03 Å². The van der Waals surface area contributed by atoms with E-state index in [9.17, 15) is 9.59 Å². The van der Waals surface area contributed by atoms with Crippen LogP contribution in [0.25, 0.3) is 22.3 Å². The maximum atomic E-state index is 13.2. The normalized spacial score (nSPS) is 10.7. The van der Waals surface area contributed by atoms with Crippen LogP contribution in [-0.2, 0) is 7.05 Å². The number of pyridine rings is 1. The Morgan fingerprint density at radius 3 is 2.23 bits per heavy atom. The summed E-state index contributed by atoms with van der Waals surface area (Å²) in [5.74, 6) is -0.257. The monoisotopic (exact) mass is 414 g/mol. The Bertz CT molecular complexity index is 1260. The Balaban J connectivity index is 1.69. The fraction of sp³-hybridized carbons (Fsp3) is 0.130. The summed E-state index contributed by atoms with van der Waals surface area (Å²) in [5.41, 5.74) is 4.74. The maximum Gasteiger partial charge on any atom is 0.318 e. The molecule has 8 nitrogen and oxygen atoms in total. The highest BCUT2D eigenvalue weighted by molar-refractivity contribution is 6.13. The Morgan fingerprint density at radius 2 is 1.58 bits per heavy atom. The van der Waals surface area contributed by atoms with Gasteiger partial charge in [0.1, 0.15) is 0 Å². The predicted molar refractivity (Wildman–Crippen MR) is 121 cm³/mol. The molecule has 4 rings (SSSR count). The summed E-state index contributed by atoms with van der Waals surface area (Å²) in [4.78, 5) is 29.4. The quantitative estimate of drug-likeness (QED) is 0.471. The van der Waals surface area contributed by atoms with E-state index in [-0.39, 0.29) is 11.9 Å². The molecule has 0 aliphatic carbocycles. The number of carbonyl (C=O) groups is 2. The smallest absolute Gasteiger partial charge is 0.318 e. The van der Waals surface area contributed by atoms with Crippen LogP contribution in [0.4, 0.5) is 16.2 Å². The van der Waals surface area contributed by atoms with E-state index in [1.54, 1.807) is 42.1 Å². The van der Waals surface area contributed by atoms with Gasteiger partial charge in [0.25, 0.3) is 5.91 Å². The van der Waals surface area contributed by atoms with Crippen LogP contribution in [0.2, 0.25) is 0 Å². The first-order valence-corrected chi connectivity index (χ1v) is 9.76. The van der Waals surface area contributed by atoms with E-state index in [1.165, 1.54) is 0 Å². The molecular formula is C23H22N6O2. The number of fused-ring (bicyclic) bond motifs is 1. The van der Waals surface area contributed by atoms with Crippen LogP contribution < -0.4 is 16.0 Å². The molecular weight excluding hydrogens is 392 g/mol. The van der Waals surface area contributed by atoms with Gasteiger partial charge in [-0.25, -0.2) is 9.78 Å². The molecule has 0 saturated carbocycles. The SMILES string of the molecule is CNC(=O)Nc1ccc(NC(=O)c2cc(-c3ccccc3)nc3c2c(C)nn3C)cc1. The van der Waals surface area contributed by atoms with Gasteiger partial charge in [-0.1, -0.05) is 30.3 Å². The van der Waals surface area contributed by atoms with Gasteiger partial charge in [0.05, 0.1) is 22.3 Å². The first-order valence-electron chi connectivity index (χ1n) is 9.76. The second-order valence-electron chi connectivity index (χ2n) is 7.06. The van der Waals surface area contributed by atoms with Crippen molar-refractivity contribution in [1.29, 1.82) is 0 Å². The highest BCUT2D eigenvalue weighted by Gasteiger charge is 2.19. The summed E-state index contributed by atoms with van der Waals surface area (Å²) >= 11 is 0. The highest BCUT2D eigenvalue weighted by atomic mass is 16.2. The first kappa shape index (κ1) is 20.1. The van der Waals surface area contributed by atoms with Gasteiger partial charge in [-0.2, -0.15) is 5.10 Å². The van der Waals surface area contributed by atoms with E-state index in [2.05, 4.69) is 21.0 Å². The maximum absolute atomic E-state index is 13.2. The molecule has 0 bridgehead atoms. The number of anilines is 2. The average molecular weight is 414 g/mol. The van der Waals surface area contributed by atoms with Crippen LogP contribution in [-0.4, -0.2) is 33.8 Å². The van der Waals surface area contributed by atoms with Crippen molar-refractivity contribution >= 4 is 34.3 Å². The minimum Gasteiger partial charge on any atom is -0.341 e. The summed E-state index contributed by atoms with van der Waals surface area (Å²) in [7, 11) is 3.36. The molecule has 0 aliphatic heterocycles. The zero-order valence-corrected chi connectivity index (χ0v) is 17.4. The first-order chi connectivity index (χ1) is 15.0. The molecule has 2 heterocycles. The summed E-state index contributed by atoms with van der Waals surface area (Å²) in [5, 5.41) is 13.3. The number of hydrogen-bond acceptors (Lipinski definition) is 4. The van der Waals surface area contributed by atoms with Crippen molar-refractivity contribution in [3.63, 3.8) is 0 Å². The molecule has 156 valence electrons. The van der Waals surface area contributed by atoms with Crippen molar-refractivity contribution in [1.82, 2.24) is 20.1 Å². The lowest BCUT2D eigenvalue weighted by Crippen LogP contribution is -2.24. The Morgan fingerprint density at radius 1 is 0.935 bits per heavy atom. The van der Waals surface area contributed by atoms with Gasteiger partial charge in [-0.3, -0.25) is 9.48 Å². The number of nitrogens with one attached hydrogen (secondary N) is 3. The Hall–Kier alpha value is -4.20. The Kier molecular flexibility index (Phi) is 5.36. The van der Waals surface area contributed by atoms with Crippen LogP contribution in [0.1, 0.15) is 16.1 Å². The Labute approximate surface area is 179 Å². The molecule has 0 unspecified atom stereocenters. The van der Waals surface area contributed by atoms with Crippen LogP contribution >= 0.6 is 0 Å². The summed E-state index contributed by atoms with van der Waals surface area (Å²) in [6.45, 7) is 1.86. The van der Waals surface area contributed by atoms with Gasteiger partial charge in [0.2, 0.25) is 0 Å². The molecule has 2 aromatic carbocycles. The number of amides is 3. The summed E-state index contributed by atoms with van der Waals surface area (Å²) in [6, 6.07) is 18.1. The third kappa shape index (κ3) is 4.09. The molecule has 0 saturated heterocycles. The zero-order chi connectivity index (χ0) is 22.0. The van der Waals surface area contributed by atoms with Gasteiger partial charge in [-0.15, -0.1) is 0 Å². The van der Waals surface area contributed by atoms with Crippen molar-refractivity contribution in [3.05, 3.63) is 71.9 Å². The average Bonchev–Trinajstić information content (AvgIpc) is 3.08. The molecule has 31 heavy (non-hydrogen) atoms. The van der Waals surface area contributed by atoms with Crippen LogP contribution in [0, 0.1) is 6.92 Å². The van der Waals surface area contributed by atoms with Crippen molar-refractivity contribution in [2.45, 2.75) is 6.92 Å². The van der Waals surface area contributed by atoms with E-state index in [0.29, 0.717) is 28.3 Å². The van der Waals surface area contributed by atoms with Crippen LogP contribution in [0.15, 0.2) is 60.7 Å². The number of rotatable bonds is 4. The number of nitrogens with zero attached hydrogens (tertiary/aromatic N) is 3. The summed E-state index contributed by atoms with van der Waals surface area (Å²) in [6.07, 6.45) is 0. The van der Waals surface area contributed by atoms with Crippen LogP contribution in [0.5, 0.6) is 0 Å². The number of urea groups is 1. The minimum absolute atomic E-state index is 0.257. The van der Waals surface area contributed by atoms with Crippen molar-refractivity contribution in [2.75, 3.05) is 17.7 Å². The predicted octanol–water partition coefficient (Wildman–Crippen LogP) is 3.95. The highest BCUT2D eigenvalue weighted by Crippen LogP contribution is 2.27. The van der Waals surface area contributed by atoms with Crippen LogP contribution in [0.3, 0.4) is 0 Å². The van der Waals surface area contributed by atoms with E-state index in [0.717, 1.165) is 16.6 Å². The second kappa shape index (κ2) is 8.27. The molecule has 0 fully saturated rings. The lowest BCUT2D eigenvalue weighted by atomic mass is 10.0. The summed E-state index contributed by atoms with van der Waals surface area (Å²) < 4.78 is 1.69. The number of benzene rings is 2. The third-order valence-electron chi connectivity index (χ3n) is 4.91. The molecule has 0 atom stereocenters. The molecule has 0 aliphatic rings. The lowest BCUT2D eigenvalue weighted by Gasteiger charge is -2.10. The molecule has 3 amide bonds. The number of aromatic nitrogens is 3. The molecule has 0 spiro atoms. The van der Waals surface area contributed by atoms with E-state index < -0.39 is 0 Å². The molecule has 8 heteroatoms. The fourth-order valence-corrected chi connectivity index (χ4v) is 3.41. The number of aryl methyl sites for hydroxylation is 2. The van der Waals surface area contributed by atoms with E-state index >= 15 is 0 Å². The number of hydrogen-bond donors (Lipinski definition) is 3. The molecule has 4 aromatic rings. The molecule has 2 aromatic heterocycles. The van der Waals surface area contributed by atoms with Crippen molar-refractivity contribution < 1.29 is 9.59 Å². The van der Waals surface area contributed by atoms with Gasteiger partial charge < -0.3 is 16.0 Å². The molecule has 0 radical (unpaired) electrons. The zero-order valence-electron chi connectivity index (χ0n) is 17.4. The largest absolute Gasteiger partial charge is 0.341 e. The topological polar surface area (TPSA) is 101 Å². The van der Waals surface area contributed by atoms with Crippen molar-refractivity contribution in [3.8, 4) is 11.3 Å². The van der Waals surface area contributed by atoms with Gasteiger partial charge in [0, 0.05) is 31.0 Å². The van der Waals surface area contributed by atoms with E-state index in [1.807, 2.05) is 44.3 Å². The second-order valence-corrected chi connectivity index (χ2v) is 7.06. The number of carbonyl (C=O) groups excluding carboxylic acids is 2.